The van der Waals surface area contributed by atoms with Crippen LogP contribution >= 0.6 is 0 Å². The molecule has 24 heavy (non-hydrogen) atoms. The molecule has 0 aromatic rings. The lowest BCUT2D eigenvalue weighted by molar-refractivity contribution is -0.126. The zero-order valence-corrected chi connectivity index (χ0v) is 15.5. The van der Waals surface area contributed by atoms with Gasteiger partial charge in [0.2, 0.25) is 5.91 Å². The fraction of sp³-hybridized carbons (Fsp3) is 0.944. The highest BCUT2D eigenvalue weighted by molar-refractivity contribution is 7.92. The number of carbonyl (C=O) groups excluding carboxylic acids is 1. The SMILES string of the molecule is CS(=O)(=O)C1(C(=O)NCC23CC4CC(CC(C4)C2)C3)CCNCC1. The summed E-state index contributed by atoms with van der Waals surface area (Å²) in [5, 5.41) is 6.28. The van der Waals surface area contributed by atoms with Crippen molar-refractivity contribution in [2.45, 2.75) is 56.1 Å². The molecule has 5 nitrogen and oxygen atoms in total. The Balaban J connectivity index is 1.48. The van der Waals surface area contributed by atoms with Crippen molar-refractivity contribution in [3.63, 3.8) is 0 Å². The second kappa shape index (κ2) is 5.70. The Kier molecular flexibility index (Phi) is 3.99. The standard InChI is InChI=1S/C18H30N2O3S/c1-24(22,23)18(2-4-19-5-3-18)16(21)20-12-17-9-13-6-14(10-17)8-15(7-13)11-17/h13-15,19H,2-12H2,1H3,(H,20,21). The van der Waals surface area contributed by atoms with Crippen molar-refractivity contribution in [2.24, 2.45) is 23.2 Å². The zero-order valence-electron chi connectivity index (χ0n) is 14.6. The summed E-state index contributed by atoms with van der Waals surface area (Å²) < 4.78 is 23.5. The highest BCUT2D eigenvalue weighted by Crippen LogP contribution is 2.59. The molecule has 0 unspecified atom stereocenters. The minimum atomic E-state index is -3.42. The second-order valence-corrected chi connectivity index (χ2v) is 11.4. The van der Waals surface area contributed by atoms with Crippen molar-refractivity contribution < 1.29 is 13.2 Å². The van der Waals surface area contributed by atoms with E-state index in [0.29, 0.717) is 32.5 Å². The molecule has 1 aliphatic heterocycles. The molecule has 0 aromatic carbocycles. The van der Waals surface area contributed by atoms with Gasteiger partial charge < -0.3 is 10.6 Å². The van der Waals surface area contributed by atoms with Crippen LogP contribution in [0, 0.1) is 23.2 Å². The maximum atomic E-state index is 12.9. The van der Waals surface area contributed by atoms with Gasteiger partial charge in [-0.2, -0.15) is 0 Å². The largest absolute Gasteiger partial charge is 0.354 e. The fourth-order valence-corrected chi connectivity index (χ4v) is 7.89. The summed E-state index contributed by atoms with van der Waals surface area (Å²) in [6.45, 7) is 1.87. The summed E-state index contributed by atoms with van der Waals surface area (Å²) in [6, 6.07) is 0. The van der Waals surface area contributed by atoms with Crippen molar-refractivity contribution in [2.75, 3.05) is 25.9 Å². The molecule has 0 radical (unpaired) electrons. The lowest BCUT2D eigenvalue weighted by atomic mass is 9.49. The Bertz CT molecular complexity index is 587. The maximum Gasteiger partial charge on any atom is 0.241 e. The van der Waals surface area contributed by atoms with Crippen LogP contribution in [-0.4, -0.2) is 45.0 Å². The molecule has 6 heteroatoms. The lowest BCUT2D eigenvalue weighted by Crippen LogP contribution is -2.59. The normalized spacial score (nSPS) is 40.5. The van der Waals surface area contributed by atoms with Gasteiger partial charge in [0.15, 0.2) is 14.6 Å². The number of rotatable bonds is 4. The minimum Gasteiger partial charge on any atom is -0.354 e. The van der Waals surface area contributed by atoms with Crippen LogP contribution < -0.4 is 10.6 Å². The average Bonchev–Trinajstić information content (AvgIpc) is 2.51. The van der Waals surface area contributed by atoms with Gasteiger partial charge in [-0.15, -0.1) is 0 Å². The van der Waals surface area contributed by atoms with Crippen LogP contribution in [0.25, 0.3) is 0 Å². The van der Waals surface area contributed by atoms with E-state index >= 15 is 0 Å². The number of hydrogen-bond donors (Lipinski definition) is 2. The summed E-state index contributed by atoms with van der Waals surface area (Å²) >= 11 is 0. The van der Waals surface area contributed by atoms with E-state index in [-0.39, 0.29) is 11.3 Å². The Labute approximate surface area is 145 Å². The van der Waals surface area contributed by atoms with Gasteiger partial charge >= 0.3 is 0 Å². The van der Waals surface area contributed by atoms with E-state index in [0.717, 1.165) is 17.8 Å². The van der Waals surface area contributed by atoms with E-state index < -0.39 is 14.6 Å². The topological polar surface area (TPSA) is 75.3 Å². The van der Waals surface area contributed by atoms with Gasteiger partial charge in [0.1, 0.15) is 0 Å². The summed E-state index contributed by atoms with van der Waals surface area (Å²) in [6.07, 6.45) is 9.83. The molecule has 1 amide bonds. The molecule has 0 spiro atoms. The predicted molar refractivity (Wildman–Crippen MR) is 93.3 cm³/mol. The fourth-order valence-electron chi connectivity index (χ4n) is 6.53. The van der Waals surface area contributed by atoms with Gasteiger partial charge in [-0.25, -0.2) is 8.42 Å². The Morgan fingerprint density at radius 1 is 1.04 bits per heavy atom. The van der Waals surface area contributed by atoms with Crippen molar-refractivity contribution >= 4 is 15.7 Å². The summed E-state index contributed by atoms with van der Waals surface area (Å²) in [5.74, 6) is 2.28. The quantitative estimate of drug-likeness (QED) is 0.802. The number of amides is 1. The lowest BCUT2D eigenvalue weighted by Gasteiger charge is -2.57. The van der Waals surface area contributed by atoms with E-state index in [1.54, 1.807) is 0 Å². The van der Waals surface area contributed by atoms with Gasteiger partial charge in [-0.3, -0.25) is 4.79 Å². The van der Waals surface area contributed by atoms with Crippen LogP contribution in [0.4, 0.5) is 0 Å². The Hall–Kier alpha value is -0.620. The summed E-state index contributed by atoms with van der Waals surface area (Å²) in [5.41, 5.74) is 0.246. The molecule has 5 fully saturated rings. The number of carbonyl (C=O) groups is 1. The van der Waals surface area contributed by atoms with Gasteiger partial charge in [0.25, 0.3) is 0 Å². The van der Waals surface area contributed by atoms with Gasteiger partial charge in [0.05, 0.1) is 0 Å². The van der Waals surface area contributed by atoms with Crippen LogP contribution in [-0.2, 0) is 14.6 Å². The Morgan fingerprint density at radius 2 is 1.54 bits per heavy atom. The van der Waals surface area contributed by atoms with E-state index in [4.69, 9.17) is 0 Å². The van der Waals surface area contributed by atoms with E-state index in [1.807, 2.05) is 0 Å². The van der Waals surface area contributed by atoms with E-state index in [9.17, 15) is 13.2 Å². The first-order valence-electron chi connectivity index (χ1n) is 9.51. The Morgan fingerprint density at radius 3 is 2.00 bits per heavy atom. The molecule has 0 atom stereocenters. The third-order valence-electron chi connectivity index (χ3n) is 7.32. The van der Waals surface area contributed by atoms with Crippen molar-refractivity contribution in [3.8, 4) is 0 Å². The van der Waals surface area contributed by atoms with E-state index in [2.05, 4.69) is 10.6 Å². The molecule has 2 N–H and O–H groups in total. The van der Waals surface area contributed by atoms with E-state index in [1.165, 1.54) is 44.8 Å². The molecule has 4 bridgehead atoms. The monoisotopic (exact) mass is 354 g/mol. The van der Waals surface area contributed by atoms with Crippen LogP contribution in [0.1, 0.15) is 51.4 Å². The molecule has 0 aromatic heterocycles. The molecule has 5 rings (SSSR count). The number of nitrogens with one attached hydrogen (secondary N) is 2. The zero-order chi connectivity index (χ0) is 17.0. The van der Waals surface area contributed by atoms with Crippen molar-refractivity contribution in [1.82, 2.24) is 10.6 Å². The smallest absolute Gasteiger partial charge is 0.241 e. The van der Waals surface area contributed by atoms with Crippen molar-refractivity contribution in [3.05, 3.63) is 0 Å². The highest BCUT2D eigenvalue weighted by Gasteiger charge is 2.53. The number of sulfone groups is 1. The molecule has 1 heterocycles. The molecular weight excluding hydrogens is 324 g/mol. The molecule has 136 valence electrons. The number of piperidine rings is 1. The summed E-state index contributed by atoms with van der Waals surface area (Å²) in [7, 11) is -3.42. The summed E-state index contributed by atoms with van der Waals surface area (Å²) in [4.78, 5) is 12.9. The molecule has 5 aliphatic rings. The molecular formula is C18H30N2O3S. The first kappa shape index (κ1) is 16.8. The minimum absolute atomic E-state index is 0.246. The highest BCUT2D eigenvalue weighted by atomic mass is 32.2. The predicted octanol–water partition coefficient (Wildman–Crippen LogP) is 1.49. The third kappa shape index (κ3) is 2.70. The van der Waals surface area contributed by atoms with Crippen LogP contribution in [0.2, 0.25) is 0 Å². The molecule has 4 saturated carbocycles. The first-order chi connectivity index (χ1) is 11.3. The second-order valence-electron chi connectivity index (χ2n) is 9.12. The molecule has 1 saturated heterocycles. The van der Waals surface area contributed by atoms with Crippen LogP contribution in [0.15, 0.2) is 0 Å². The van der Waals surface area contributed by atoms with Crippen molar-refractivity contribution in [1.29, 1.82) is 0 Å². The third-order valence-corrected chi connectivity index (χ3v) is 9.34. The van der Waals surface area contributed by atoms with Gasteiger partial charge in [0, 0.05) is 12.8 Å². The van der Waals surface area contributed by atoms with Crippen LogP contribution in [0.5, 0.6) is 0 Å². The molecule has 4 aliphatic carbocycles. The average molecular weight is 355 g/mol. The maximum absolute atomic E-state index is 12.9. The number of hydrogen-bond acceptors (Lipinski definition) is 4. The van der Waals surface area contributed by atoms with Crippen LogP contribution in [0.3, 0.4) is 0 Å². The van der Waals surface area contributed by atoms with Gasteiger partial charge in [-0.1, -0.05) is 0 Å². The van der Waals surface area contributed by atoms with Gasteiger partial charge in [-0.05, 0) is 87.6 Å². The first-order valence-corrected chi connectivity index (χ1v) is 11.4.